The number of amides is 1. The number of benzene rings is 1. The lowest BCUT2D eigenvalue weighted by atomic mass is 9.92. The summed E-state index contributed by atoms with van der Waals surface area (Å²) in [5.41, 5.74) is 5.74. The minimum atomic E-state index is -1.09. The van der Waals surface area contributed by atoms with Crippen LogP contribution in [0.25, 0.3) is 0 Å². The summed E-state index contributed by atoms with van der Waals surface area (Å²) < 4.78 is 0. The highest BCUT2D eigenvalue weighted by Crippen LogP contribution is 2.17. The van der Waals surface area contributed by atoms with Gasteiger partial charge in [0.25, 0.3) is 0 Å². The van der Waals surface area contributed by atoms with E-state index in [9.17, 15) is 9.59 Å². The van der Waals surface area contributed by atoms with Crippen LogP contribution in [0.3, 0.4) is 0 Å². The summed E-state index contributed by atoms with van der Waals surface area (Å²) in [5.74, 6) is -0.983. The summed E-state index contributed by atoms with van der Waals surface area (Å²) in [6.45, 7) is 3.99. The molecule has 0 aliphatic carbocycles. The van der Waals surface area contributed by atoms with E-state index in [1.165, 1.54) is 0 Å². The van der Waals surface area contributed by atoms with Crippen LogP contribution in [0.2, 0.25) is 0 Å². The van der Waals surface area contributed by atoms with Gasteiger partial charge >= 0.3 is 5.97 Å². The standard InChI is InChI=1S/C15H22N2O3/c1-11(8-9-13(18)19)10-17-14(20)15(2,16)12-6-4-3-5-7-12/h3-7,11H,8-10,16H2,1-2H3,(H,17,20)(H,18,19). The SMILES string of the molecule is CC(CCC(=O)O)CNC(=O)C(C)(N)c1ccccc1. The van der Waals surface area contributed by atoms with Crippen LogP contribution in [-0.4, -0.2) is 23.5 Å². The van der Waals surface area contributed by atoms with Crippen molar-refractivity contribution < 1.29 is 14.7 Å². The van der Waals surface area contributed by atoms with Gasteiger partial charge in [0.1, 0.15) is 5.54 Å². The van der Waals surface area contributed by atoms with Gasteiger partial charge in [0, 0.05) is 13.0 Å². The van der Waals surface area contributed by atoms with Crippen molar-refractivity contribution in [3.05, 3.63) is 35.9 Å². The molecule has 1 rings (SSSR count). The van der Waals surface area contributed by atoms with Gasteiger partial charge in [-0.2, -0.15) is 0 Å². The molecular weight excluding hydrogens is 256 g/mol. The third kappa shape index (κ3) is 4.66. The average Bonchev–Trinajstić information content (AvgIpc) is 2.43. The number of aliphatic carboxylic acids is 1. The van der Waals surface area contributed by atoms with E-state index < -0.39 is 11.5 Å². The molecule has 0 saturated heterocycles. The molecule has 0 aliphatic rings. The summed E-state index contributed by atoms with van der Waals surface area (Å²) in [6.07, 6.45) is 0.637. The van der Waals surface area contributed by atoms with Crippen LogP contribution >= 0.6 is 0 Å². The molecule has 0 heterocycles. The Morgan fingerprint density at radius 1 is 1.35 bits per heavy atom. The molecule has 2 atom stereocenters. The van der Waals surface area contributed by atoms with Gasteiger partial charge in [-0.3, -0.25) is 9.59 Å². The van der Waals surface area contributed by atoms with E-state index in [-0.39, 0.29) is 18.2 Å². The van der Waals surface area contributed by atoms with Crippen LogP contribution in [0.4, 0.5) is 0 Å². The maximum absolute atomic E-state index is 12.2. The first-order valence-electron chi connectivity index (χ1n) is 6.68. The second-order valence-electron chi connectivity index (χ2n) is 5.32. The van der Waals surface area contributed by atoms with E-state index in [0.29, 0.717) is 13.0 Å². The van der Waals surface area contributed by atoms with Gasteiger partial charge in [-0.25, -0.2) is 0 Å². The number of carboxylic acids is 1. The van der Waals surface area contributed by atoms with Crippen LogP contribution < -0.4 is 11.1 Å². The first-order valence-corrected chi connectivity index (χ1v) is 6.68. The summed E-state index contributed by atoms with van der Waals surface area (Å²) >= 11 is 0. The van der Waals surface area contributed by atoms with Gasteiger partial charge < -0.3 is 16.2 Å². The van der Waals surface area contributed by atoms with E-state index in [1.54, 1.807) is 6.92 Å². The number of nitrogens with two attached hydrogens (primary N) is 1. The Kier molecular flexibility index (Phi) is 5.70. The number of nitrogens with one attached hydrogen (secondary N) is 1. The number of carbonyl (C=O) groups is 2. The highest BCUT2D eigenvalue weighted by atomic mass is 16.4. The minimum absolute atomic E-state index is 0.0987. The van der Waals surface area contributed by atoms with Crippen LogP contribution in [0.5, 0.6) is 0 Å². The number of carbonyl (C=O) groups excluding carboxylic acids is 1. The molecule has 2 unspecified atom stereocenters. The zero-order valence-corrected chi connectivity index (χ0v) is 11.9. The molecule has 0 aromatic heterocycles. The van der Waals surface area contributed by atoms with Crippen LogP contribution in [0.15, 0.2) is 30.3 Å². The third-order valence-corrected chi connectivity index (χ3v) is 3.31. The van der Waals surface area contributed by atoms with Gasteiger partial charge in [-0.1, -0.05) is 37.3 Å². The topological polar surface area (TPSA) is 92.4 Å². The molecule has 0 spiro atoms. The second-order valence-corrected chi connectivity index (χ2v) is 5.32. The molecule has 5 nitrogen and oxygen atoms in total. The maximum Gasteiger partial charge on any atom is 0.303 e. The van der Waals surface area contributed by atoms with E-state index >= 15 is 0 Å². The van der Waals surface area contributed by atoms with Crippen LogP contribution in [0.1, 0.15) is 32.3 Å². The zero-order valence-electron chi connectivity index (χ0n) is 11.9. The van der Waals surface area contributed by atoms with E-state index in [4.69, 9.17) is 10.8 Å². The van der Waals surface area contributed by atoms with Crippen molar-refractivity contribution in [3.8, 4) is 0 Å². The molecule has 0 saturated carbocycles. The number of hydrogen-bond donors (Lipinski definition) is 3. The van der Waals surface area contributed by atoms with Crippen molar-refractivity contribution >= 4 is 11.9 Å². The van der Waals surface area contributed by atoms with Crippen molar-refractivity contribution in [2.75, 3.05) is 6.54 Å². The summed E-state index contributed by atoms with van der Waals surface area (Å²) in [6, 6.07) is 9.17. The molecular formula is C15H22N2O3. The lowest BCUT2D eigenvalue weighted by molar-refractivity contribution is -0.137. The predicted octanol–water partition coefficient (Wildman–Crippen LogP) is 1.48. The van der Waals surface area contributed by atoms with Crippen molar-refractivity contribution in [2.45, 2.75) is 32.2 Å². The van der Waals surface area contributed by atoms with Crippen molar-refractivity contribution in [1.29, 1.82) is 0 Å². The molecule has 110 valence electrons. The Labute approximate surface area is 119 Å². The normalized spacial score (nSPS) is 15.2. The van der Waals surface area contributed by atoms with E-state index in [0.717, 1.165) is 5.56 Å². The second kappa shape index (κ2) is 7.05. The largest absolute Gasteiger partial charge is 0.481 e. The lowest BCUT2D eigenvalue weighted by Gasteiger charge is -2.25. The Balaban J connectivity index is 2.52. The number of hydrogen-bond acceptors (Lipinski definition) is 3. The zero-order chi connectivity index (χ0) is 15.2. The molecule has 1 aromatic carbocycles. The monoisotopic (exact) mass is 278 g/mol. The fourth-order valence-electron chi connectivity index (χ4n) is 1.84. The Hall–Kier alpha value is -1.88. The summed E-state index contributed by atoms with van der Waals surface area (Å²) in [5, 5.41) is 11.4. The third-order valence-electron chi connectivity index (χ3n) is 3.31. The maximum atomic E-state index is 12.2. The van der Waals surface area contributed by atoms with Crippen molar-refractivity contribution in [1.82, 2.24) is 5.32 Å². The molecule has 5 heteroatoms. The number of carboxylic acid groups (broad SMARTS) is 1. The number of rotatable bonds is 7. The summed E-state index contributed by atoms with van der Waals surface area (Å²) in [7, 11) is 0. The van der Waals surface area contributed by atoms with Crippen molar-refractivity contribution in [2.24, 2.45) is 11.7 Å². The first kappa shape index (κ1) is 16.2. The molecule has 4 N–H and O–H groups in total. The molecule has 0 radical (unpaired) electrons. The van der Waals surface area contributed by atoms with Crippen molar-refractivity contribution in [3.63, 3.8) is 0 Å². The molecule has 0 fully saturated rings. The Bertz CT molecular complexity index is 457. The Morgan fingerprint density at radius 3 is 2.50 bits per heavy atom. The van der Waals surface area contributed by atoms with Gasteiger partial charge in [0.05, 0.1) is 0 Å². The molecule has 0 aliphatic heterocycles. The van der Waals surface area contributed by atoms with E-state index in [2.05, 4.69) is 5.32 Å². The molecule has 20 heavy (non-hydrogen) atoms. The van der Waals surface area contributed by atoms with Crippen LogP contribution in [-0.2, 0) is 15.1 Å². The molecule has 1 amide bonds. The minimum Gasteiger partial charge on any atom is -0.481 e. The molecule has 0 bridgehead atoms. The van der Waals surface area contributed by atoms with Gasteiger partial charge in [-0.05, 0) is 24.8 Å². The highest BCUT2D eigenvalue weighted by molar-refractivity contribution is 5.86. The predicted molar refractivity (Wildman–Crippen MR) is 77.0 cm³/mol. The van der Waals surface area contributed by atoms with Gasteiger partial charge in [-0.15, -0.1) is 0 Å². The highest BCUT2D eigenvalue weighted by Gasteiger charge is 2.30. The fourth-order valence-corrected chi connectivity index (χ4v) is 1.84. The molecule has 1 aromatic rings. The van der Waals surface area contributed by atoms with Gasteiger partial charge in [0.15, 0.2) is 0 Å². The van der Waals surface area contributed by atoms with Gasteiger partial charge in [0.2, 0.25) is 5.91 Å². The first-order chi connectivity index (χ1) is 9.34. The quantitative estimate of drug-likeness (QED) is 0.704. The van der Waals surface area contributed by atoms with Crippen LogP contribution in [0, 0.1) is 5.92 Å². The smallest absolute Gasteiger partial charge is 0.303 e. The average molecular weight is 278 g/mol. The fraction of sp³-hybridized carbons (Fsp3) is 0.467. The lowest BCUT2D eigenvalue weighted by Crippen LogP contribution is -2.49. The Morgan fingerprint density at radius 2 is 1.95 bits per heavy atom. The van der Waals surface area contributed by atoms with E-state index in [1.807, 2.05) is 37.3 Å². The summed E-state index contributed by atoms with van der Waals surface area (Å²) in [4.78, 5) is 22.6.